The van der Waals surface area contributed by atoms with Gasteiger partial charge in [0.15, 0.2) is 0 Å². The molecule has 1 aromatic rings. The SMILES string of the molecule is CCCOc1ccc(S(=O)(=O)NCCC(C)C(=O)O)cc1. The van der Waals surface area contributed by atoms with Crippen LogP contribution in [0.5, 0.6) is 5.75 Å². The zero-order valence-electron chi connectivity index (χ0n) is 12.2. The van der Waals surface area contributed by atoms with E-state index < -0.39 is 21.9 Å². The largest absolute Gasteiger partial charge is 0.494 e. The molecular formula is C14H21NO5S. The van der Waals surface area contributed by atoms with E-state index in [4.69, 9.17) is 9.84 Å². The van der Waals surface area contributed by atoms with Crippen LogP contribution < -0.4 is 9.46 Å². The van der Waals surface area contributed by atoms with Gasteiger partial charge in [-0.25, -0.2) is 13.1 Å². The Balaban J connectivity index is 2.59. The lowest BCUT2D eigenvalue weighted by atomic mass is 10.1. The van der Waals surface area contributed by atoms with Crippen LogP contribution in [-0.4, -0.2) is 32.6 Å². The van der Waals surface area contributed by atoms with E-state index in [1.54, 1.807) is 12.1 Å². The number of hydrogen-bond donors (Lipinski definition) is 2. The van der Waals surface area contributed by atoms with Gasteiger partial charge < -0.3 is 9.84 Å². The predicted molar refractivity (Wildman–Crippen MR) is 78.8 cm³/mol. The normalized spacial score (nSPS) is 12.9. The molecule has 0 aliphatic carbocycles. The minimum absolute atomic E-state index is 0.0872. The van der Waals surface area contributed by atoms with E-state index in [1.165, 1.54) is 19.1 Å². The monoisotopic (exact) mass is 315 g/mol. The van der Waals surface area contributed by atoms with E-state index in [9.17, 15) is 13.2 Å². The highest BCUT2D eigenvalue weighted by atomic mass is 32.2. The number of carboxylic acid groups (broad SMARTS) is 1. The third-order valence-electron chi connectivity index (χ3n) is 2.90. The number of aliphatic carboxylic acids is 1. The van der Waals surface area contributed by atoms with Gasteiger partial charge in [0, 0.05) is 6.54 Å². The molecule has 0 aliphatic heterocycles. The van der Waals surface area contributed by atoms with E-state index in [2.05, 4.69) is 4.72 Å². The van der Waals surface area contributed by atoms with Crippen molar-refractivity contribution in [2.24, 2.45) is 5.92 Å². The highest BCUT2D eigenvalue weighted by Gasteiger charge is 2.16. The molecular weight excluding hydrogens is 294 g/mol. The molecule has 118 valence electrons. The van der Waals surface area contributed by atoms with Crippen molar-refractivity contribution in [2.45, 2.75) is 31.6 Å². The lowest BCUT2D eigenvalue weighted by Crippen LogP contribution is -2.27. The first-order chi connectivity index (χ1) is 9.86. The average molecular weight is 315 g/mol. The Labute approximate surface area is 125 Å². The second-order valence-corrected chi connectivity index (χ2v) is 6.51. The van der Waals surface area contributed by atoms with Gasteiger partial charge in [0.1, 0.15) is 5.75 Å². The first-order valence-corrected chi connectivity index (χ1v) is 8.30. The molecule has 0 spiro atoms. The van der Waals surface area contributed by atoms with Crippen molar-refractivity contribution in [2.75, 3.05) is 13.2 Å². The Morgan fingerprint density at radius 3 is 2.48 bits per heavy atom. The molecule has 1 unspecified atom stereocenters. The number of carboxylic acids is 1. The second kappa shape index (κ2) is 7.99. The lowest BCUT2D eigenvalue weighted by Gasteiger charge is -2.10. The van der Waals surface area contributed by atoms with Crippen molar-refractivity contribution in [1.29, 1.82) is 0 Å². The maximum Gasteiger partial charge on any atom is 0.306 e. The molecule has 0 aliphatic rings. The van der Waals surface area contributed by atoms with Gasteiger partial charge in [0.2, 0.25) is 10.0 Å². The molecule has 0 bridgehead atoms. The average Bonchev–Trinajstić information content (AvgIpc) is 2.45. The molecule has 7 heteroatoms. The minimum Gasteiger partial charge on any atom is -0.494 e. The summed E-state index contributed by atoms with van der Waals surface area (Å²) < 4.78 is 31.8. The van der Waals surface area contributed by atoms with Gasteiger partial charge in [0.25, 0.3) is 0 Å². The third-order valence-corrected chi connectivity index (χ3v) is 4.37. The van der Waals surface area contributed by atoms with Crippen LogP contribution in [0.15, 0.2) is 29.2 Å². The topological polar surface area (TPSA) is 92.7 Å². The quantitative estimate of drug-likeness (QED) is 0.725. The Morgan fingerprint density at radius 2 is 1.95 bits per heavy atom. The molecule has 0 heterocycles. The highest BCUT2D eigenvalue weighted by molar-refractivity contribution is 7.89. The fourth-order valence-electron chi connectivity index (χ4n) is 1.55. The van der Waals surface area contributed by atoms with E-state index in [1.807, 2.05) is 6.92 Å². The smallest absolute Gasteiger partial charge is 0.306 e. The summed E-state index contributed by atoms with van der Waals surface area (Å²) in [6.45, 7) is 4.19. The Bertz CT molecular complexity index is 553. The third kappa shape index (κ3) is 5.73. The van der Waals surface area contributed by atoms with E-state index >= 15 is 0 Å². The molecule has 0 radical (unpaired) electrons. The van der Waals surface area contributed by atoms with Crippen molar-refractivity contribution in [3.63, 3.8) is 0 Å². The van der Waals surface area contributed by atoms with Crippen molar-refractivity contribution >= 4 is 16.0 Å². The fourth-order valence-corrected chi connectivity index (χ4v) is 2.60. The van der Waals surface area contributed by atoms with Crippen molar-refractivity contribution < 1.29 is 23.1 Å². The summed E-state index contributed by atoms with van der Waals surface area (Å²) in [6, 6.07) is 6.14. The molecule has 0 amide bonds. The van der Waals surface area contributed by atoms with E-state index in [-0.39, 0.29) is 17.9 Å². The summed E-state index contributed by atoms with van der Waals surface area (Å²) in [5.74, 6) is -0.903. The molecule has 0 saturated heterocycles. The molecule has 2 N–H and O–H groups in total. The molecule has 0 saturated carbocycles. The van der Waals surface area contributed by atoms with Crippen LogP contribution in [0.3, 0.4) is 0 Å². The number of sulfonamides is 1. The fraction of sp³-hybridized carbons (Fsp3) is 0.500. The summed E-state index contributed by atoms with van der Waals surface area (Å²) in [5.41, 5.74) is 0. The standard InChI is InChI=1S/C14H21NO5S/c1-3-10-20-12-4-6-13(7-5-12)21(18,19)15-9-8-11(2)14(16)17/h4-7,11,15H,3,8-10H2,1-2H3,(H,16,17). The number of rotatable bonds is 9. The number of benzene rings is 1. The van der Waals surface area contributed by atoms with Gasteiger partial charge in [0.05, 0.1) is 17.4 Å². The van der Waals surface area contributed by atoms with Crippen LogP contribution >= 0.6 is 0 Å². The van der Waals surface area contributed by atoms with Gasteiger partial charge >= 0.3 is 5.97 Å². The first kappa shape index (κ1) is 17.5. The maximum atomic E-state index is 12.0. The number of carbonyl (C=O) groups is 1. The van der Waals surface area contributed by atoms with Crippen LogP contribution in [0.25, 0.3) is 0 Å². The molecule has 1 rings (SSSR count). The number of nitrogens with one attached hydrogen (secondary N) is 1. The predicted octanol–water partition coefficient (Wildman–Crippen LogP) is 1.86. The van der Waals surface area contributed by atoms with Crippen LogP contribution in [0.2, 0.25) is 0 Å². The summed E-state index contributed by atoms with van der Waals surface area (Å²) in [7, 11) is -3.62. The second-order valence-electron chi connectivity index (χ2n) is 4.75. The summed E-state index contributed by atoms with van der Waals surface area (Å²) in [6.07, 6.45) is 1.12. The highest BCUT2D eigenvalue weighted by Crippen LogP contribution is 2.16. The molecule has 6 nitrogen and oxygen atoms in total. The van der Waals surface area contributed by atoms with Crippen LogP contribution in [0, 0.1) is 5.92 Å². The molecule has 1 aromatic carbocycles. The van der Waals surface area contributed by atoms with Gasteiger partial charge in [-0.2, -0.15) is 0 Å². The van der Waals surface area contributed by atoms with Gasteiger partial charge in [-0.3, -0.25) is 4.79 Å². The summed E-state index contributed by atoms with van der Waals surface area (Å²) >= 11 is 0. The Morgan fingerprint density at radius 1 is 1.33 bits per heavy atom. The maximum absolute atomic E-state index is 12.0. The lowest BCUT2D eigenvalue weighted by molar-refractivity contribution is -0.141. The van der Waals surface area contributed by atoms with Crippen LogP contribution in [0.1, 0.15) is 26.7 Å². The van der Waals surface area contributed by atoms with Gasteiger partial charge in [-0.1, -0.05) is 13.8 Å². The zero-order valence-corrected chi connectivity index (χ0v) is 13.0. The Kier molecular flexibility index (Phi) is 6.64. The summed E-state index contributed by atoms with van der Waals surface area (Å²) in [4.78, 5) is 10.8. The summed E-state index contributed by atoms with van der Waals surface area (Å²) in [5, 5.41) is 8.74. The van der Waals surface area contributed by atoms with Gasteiger partial charge in [-0.15, -0.1) is 0 Å². The molecule has 0 fully saturated rings. The molecule has 0 aromatic heterocycles. The van der Waals surface area contributed by atoms with Crippen molar-refractivity contribution in [3.05, 3.63) is 24.3 Å². The van der Waals surface area contributed by atoms with Crippen molar-refractivity contribution in [3.8, 4) is 5.75 Å². The van der Waals surface area contributed by atoms with Crippen LogP contribution in [0.4, 0.5) is 0 Å². The number of hydrogen-bond acceptors (Lipinski definition) is 4. The van der Waals surface area contributed by atoms with Gasteiger partial charge in [-0.05, 0) is 37.1 Å². The molecule has 1 atom stereocenters. The first-order valence-electron chi connectivity index (χ1n) is 6.82. The molecule has 21 heavy (non-hydrogen) atoms. The van der Waals surface area contributed by atoms with Crippen molar-refractivity contribution in [1.82, 2.24) is 4.72 Å². The van der Waals surface area contributed by atoms with E-state index in [0.29, 0.717) is 12.4 Å². The zero-order chi connectivity index (χ0) is 15.9. The Hall–Kier alpha value is -1.60. The van der Waals surface area contributed by atoms with E-state index in [0.717, 1.165) is 6.42 Å². The minimum atomic E-state index is -3.62. The number of ether oxygens (including phenoxy) is 1. The van der Waals surface area contributed by atoms with Crippen LogP contribution in [-0.2, 0) is 14.8 Å².